The zero-order valence-electron chi connectivity index (χ0n) is 16.1. The first-order valence-corrected chi connectivity index (χ1v) is 11.0. The van der Waals surface area contributed by atoms with Gasteiger partial charge in [-0.1, -0.05) is 12.1 Å². The predicted octanol–water partition coefficient (Wildman–Crippen LogP) is 3.81. The van der Waals surface area contributed by atoms with Crippen molar-refractivity contribution in [3.63, 3.8) is 0 Å². The summed E-state index contributed by atoms with van der Waals surface area (Å²) in [6, 6.07) is 13.9. The van der Waals surface area contributed by atoms with Crippen LogP contribution in [0.5, 0.6) is 0 Å². The highest BCUT2D eigenvalue weighted by Gasteiger charge is 2.19. The Labute approximate surface area is 170 Å². The lowest BCUT2D eigenvalue weighted by Crippen LogP contribution is -2.24. The summed E-state index contributed by atoms with van der Waals surface area (Å²) in [6.07, 6.45) is 4.72. The maximum absolute atomic E-state index is 12.8. The molecule has 4 rings (SSSR count). The van der Waals surface area contributed by atoms with E-state index in [1.54, 1.807) is 25.1 Å². The molecule has 1 amide bonds. The molecule has 0 saturated heterocycles. The summed E-state index contributed by atoms with van der Waals surface area (Å²) >= 11 is 0. The number of fused-ring (bicyclic) bond motifs is 1. The fourth-order valence-electron chi connectivity index (χ4n) is 3.52. The number of benzene rings is 2. The Morgan fingerprint density at radius 1 is 1.07 bits per heavy atom. The number of hydrogen-bond acceptors (Lipinski definition) is 4. The third-order valence-electron chi connectivity index (χ3n) is 5.14. The number of rotatable bonds is 6. The molecule has 0 fully saturated rings. The number of furan rings is 1. The highest BCUT2D eigenvalue weighted by molar-refractivity contribution is 7.89. The van der Waals surface area contributed by atoms with Crippen LogP contribution >= 0.6 is 0 Å². The monoisotopic (exact) mass is 410 g/mol. The van der Waals surface area contributed by atoms with Gasteiger partial charge < -0.3 is 9.73 Å². The quantitative estimate of drug-likeness (QED) is 0.647. The summed E-state index contributed by atoms with van der Waals surface area (Å²) in [6.45, 7) is 1.82. The number of carbonyl (C=O) groups is 1. The molecule has 29 heavy (non-hydrogen) atoms. The molecular weight excluding hydrogens is 388 g/mol. The Morgan fingerprint density at radius 2 is 1.90 bits per heavy atom. The van der Waals surface area contributed by atoms with E-state index in [0.29, 0.717) is 16.9 Å². The first-order chi connectivity index (χ1) is 13.9. The van der Waals surface area contributed by atoms with Gasteiger partial charge in [-0.25, -0.2) is 13.1 Å². The third kappa shape index (κ3) is 4.26. The van der Waals surface area contributed by atoms with Gasteiger partial charge >= 0.3 is 0 Å². The van der Waals surface area contributed by atoms with Crippen LogP contribution in [0.1, 0.15) is 39.2 Å². The first-order valence-electron chi connectivity index (χ1n) is 9.48. The smallest absolute Gasteiger partial charge is 0.255 e. The van der Waals surface area contributed by atoms with E-state index < -0.39 is 10.0 Å². The van der Waals surface area contributed by atoms with Crippen LogP contribution in [0, 0.1) is 6.92 Å². The minimum absolute atomic E-state index is 0.0359. The lowest BCUT2D eigenvalue weighted by atomic mass is 10.1. The number of nitrogens with one attached hydrogen (secondary N) is 2. The molecule has 0 radical (unpaired) electrons. The molecule has 0 saturated carbocycles. The number of sulfonamides is 1. The van der Waals surface area contributed by atoms with E-state index in [1.165, 1.54) is 29.5 Å². The van der Waals surface area contributed by atoms with Crippen LogP contribution in [0.15, 0.2) is 64.1 Å². The van der Waals surface area contributed by atoms with E-state index in [0.717, 1.165) is 24.9 Å². The Balaban J connectivity index is 1.53. The van der Waals surface area contributed by atoms with Crippen molar-refractivity contribution in [2.24, 2.45) is 0 Å². The standard InChI is InChI=1S/C22H22N2O4S/c1-15-7-10-20(29(26,27)23-14-19-6-3-11-28-19)13-21(15)22(25)24-18-9-8-16-4-2-5-17(16)12-18/h3,6-13,23H,2,4-5,14H2,1H3,(H,24,25). The van der Waals surface area contributed by atoms with Crippen LogP contribution in [-0.2, 0) is 29.4 Å². The number of carbonyl (C=O) groups excluding carboxylic acids is 1. The second kappa shape index (κ2) is 7.85. The van der Waals surface area contributed by atoms with Gasteiger partial charge in [0.05, 0.1) is 17.7 Å². The van der Waals surface area contributed by atoms with E-state index in [2.05, 4.69) is 10.0 Å². The van der Waals surface area contributed by atoms with Gasteiger partial charge in [-0.15, -0.1) is 0 Å². The van der Waals surface area contributed by atoms with Crippen molar-refractivity contribution in [3.8, 4) is 0 Å². The maximum atomic E-state index is 12.8. The van der Waals surface area contributed by atoms with Crippen molar-refractivity contribution < 1.29 is 17.6 Å². The molecule has 6 nitrogen and oxygen atoms in total. The molecule has 0 spiro atoms. The molecule has 2 N–H and O–H groups in total. The molecular formula is C22H22N2O4S. The van der Waals surface area contributed by atoms with E-state index in [4.69, 9.17) is 4.42 Å². The summed E-state index contributed by atoms with van der Waals surface area (Å²) in [5.74, 6) is 0.179. The summed E-state index contributed by atoms with van der Waals surface area (Å²) in [5.41, 5.74) is 4.34. The highest BCUT2D eigenvalue weighted by Crippen LogP contribution is 2.25. The minimum atomic E-state index is -3.78. The number of amides is 1. The lowest BCUT2D eigenvalue weighted by Gasteiger charge is -2.12. The second-order valence-corrected chi connectivity index (χ2v) is 8.94. The fraction of sp³-hybridized carbons (Fsp3) is 0.227. The normalized spacial score (nSPS) is 13.3. The molecule has 0 aliphatic heterocycles. The zero-order valence-corrected chi connectivity index (χ0v) is 16.9. The molecule has 0 atom stereocenters. The van der Waals surface area contributed by atoms with Crippen LogP contribution in [0.3, 0.4) is 0 Å². The molecule has 3 aromatic rings. The van der Waals surface area contributed by atoms with Crippen molar-refractivity contribution in [3.05, 3.63) is 82.8 Å². The second-order valence-electron chi connectivity index (χ2n) is 7.17. The lowest BCUT2D eigenvalue weighted by molar-refractivity contribution is 0.102. The van der Waals surface area contributed by atoms with E-state index in [-0.39, 0.29) is 17.3 Å². The molecule has 2 aromatic carbocycles. The summed E-state index contributed by atoms with van der Waals surface area (Å²) in [7, 11) is -3.78. The van der Waals surface area contributed by atoms with Crippen LogP contribution in [0.4, 0.5) is 5.69 Å². The van der Waals surface area contributed by atoms with Crippen molar-refractivity contribution in [2.45, 2.75) is 37.6 Å². The molecule has 0 unspecified atom stereocenters. The van der Waals surface area contributed by atoms with Crippen LogP contribution in [0.2, 0.25) is 0 Å². The fourth-order valence-corrected chi connectivity index (χ4v) is 4.54. The number of anilines is 1. The van der Waals surface area contributed by atoms with Gasteiger partial charge in [-0.2, -0.15) is 0 Å². The molecule has 1 aliphatic carbocycles. The van der Waals surface area contributed by atoms with Gasteiger partial charge in [0.2, 0.25) is 10.0 Å². The van der Waals surface area contributed by atoms with Gasteiger partial charge in [-0.3, -0.25) is 4.79 Å². The van der Waals surface area contributed by atoms with Crippen LogP contribution in [-0.4, -0.2) is 14.3 Å². The van der Waals surface area contributed by atoms with Gasteiger partial charge in [-0.05, 0) is 79.3 Å². The molecule has 1 aliphatic rings. The Bertz CT molecular complexity index is 1150. The predicted molar refractivity (Wildman–Crippen MR) is 110 cm³/mol. The van der Waals surface area contributed by atoms with E-state index in [1.807, 2.05) is 18.2 Å². The molecule has 7 heteroatoms. The summed E-state index contributed by atoms with van der Waals surface area (Å²) in [4.78, 5) is 12.9. The third-order valence-corrected chi connectivity index (χ3v) is 6.54. The average molecular weight is 410 g/mol. The van der Waals surface area contributed by atoms with E-state index >= 15 is 0 Å². The van der Waals surface area contributed by atoms with Gasteiger partial charge in [0.1, 0.15) is 5.76 Å². The maximum Gasteiger partial charge on any atom is 0.255 e. The summed E-state index contributed by atoms with van der Waals surface area (Å²) < 4.78 is 32.9. The SMILES string of the molecule is Cc1ccc(S(=O)(=O)NCc2ccco2)cc1C(=O)Nc1ccc2c(c1)CCC2. The number of hydrogen-bond donors (Lipinski definition) is 2. The largest absolute Gasteiger partial charge is 0.468 e. The van der Waals surface area contributed by atoms with Crippen molar-refractivity contribution in [1.29, 1.82) is 0 Å². The zero-order chi connectivity index (χ0) is 20.4. The van der Waals surface area contributed by atoms with Crippen molar-refractivity contribution in [1.82, 2.24) is 4.72 Å². The Kier molecular flexibility index (Phi) is 5.25. The first kappa shape index (κ1) is 19.4. The minimum Gasteiger partial charge on any atom is -0.468 e. The van der Waals surface area contributed by atoms with Crippen LogP contribution in [0.25, 0.3) is 0 Å². The molecule has 1 heterocycles. The average Bonchev–Trinajstić information content (AvgIpc) is 3.38. The summed E-state index contributed by atoms with van der Waals surface area (Å²) in [5, 5.41) is 2.89. The molecule has 150 valence electrons. The molecule has 1 aromatic heterocycles. The van der Waals surface area contributed by atoms with Crippen LogP contribution < -0.4 is 10.0 Å². The molecule has 0 bridgehead atoms. The van der Waals surface area contributed by atoms with Gasteiger partial charge in [0.25, 0.3) is 5.91 Å². The van der Waals surface area contributed by atoms with Gasteiger partial charge in [0.15, 0.2) is 0 Å². The Morgan fingerprint density at radius 3 is 2.69 bits per heavy atom. The van der Waals surface area contributed by atoms with Crippen molar-refractivity contribution in [2.75, 3.05) is 5.32 Å². The van der Waals surface area contributed by atoms with Gasteiger partial charge in [0, 0.05) is 11.3 Å². The topological polar surface area (TPSA) is 88.4 Å². The highest BCUT2D eigenvalue weighted by atomic mass is 32.2. The Hall–Kier alpha value is -2.90. The number of aryl methyl sites for hydroxylation is 3. The van der Waals surface area contributed by atoms with Crippen molar-refractivity contribution >= 4 is 21.6 Å². The van der Waals surface area contributed by atoms with E-state index in [9.17, 15) is 13.2 Å².